The van der Waals surface area contributed by atoms with Crippen molar-refractivity contribution in [2.45, 2.75) is 6.92 Å². The predicted molar refractivity (Wildman–Crippen MR) is 80.0 cm³/mol. The molecule has 0 saturated heterocycles. The lowest BCUT2D eigenvalue weighted by Gasteiger charge is -2.03. The number of hydrogen-bond donors (Lipinski definition) is 0. The van der Waals surface area contributed by atoms with Gasteiger partial charge in [-0.1, -0.05) is 29.8 Å². The molecular formula is C17H11NO2. The van der Waals surface area contributed by atoms with Crippen LogP contribution in [0.5, 0.6) is 0 Å². The van der Waals surface area contributed by atoms with Crippen molar-refractivity contribution < 1.29 is 4.42 Å². The lowest BCUT2D eigenvalue weighted by Crippen LogP contribution is -2.03. The van der Waals surface area contributed by atoms with E-state index in [2.05, 4.69) is 4.98 Å². The van der Waals surface area contributed by atoms with Crippen LogP contribution in [0, 0.1) is 6.92 Å². The maximum absolute atomic E-state index is 12.6. The Morgan fingerprint density at radius 3 is 2.75 bits per heavy atom. The van der Waals surface area contributed by atoms with Gasteiger partial charge in [-0.3, -0.25) is 4.79 Å². The van der Waals surface area contributed by atoms with Crippen LogP contribution in [0.4, 0.5) is 0 Å². The second kappa shape index (κ2) is 3.90. The Morgan fingerprint density at radius 2 is 1.85 bits per heavy atom. The molecule has 0 fully saturated rings. The largest absolute Gasteiger partial charge is 0.437 e. The number of pyridine rings is 1. The molecule has 0 bridgehead atoms. The highest BCUT2D eigenvalue weighted by Gasteiger charge is 2.10. The van der Waals surface area contributed by atoms with Gasteiger partial charge in [0.15, 0.2) is 0 Å². The summed E-state index contributed by atoms with van der Waals surface area (Å²) in [6.45, 7) is 1.96. The van der Waals surface area contributed by atoms with Crippen LogP contribution >= 0.6 is 0 Å². The number of para-hydroxylation sites is 1. The quantitative estimate of drug-likeness (QED) is 0.452. The van der Waals surface area contributed by atoms with Crippen molar-refractivity contribution in [2.75, 3.05) is 0 Å². The number of aromatic nitrogens is 1. The van der Waals surface area contributed by atoms with E-state index in [-0.39, 0.29) is 5.43 Å². The molecule has 4 aromatic rings. The molecule has 20 heavy (non-hydrogen) atoms. The van der Waals surface area contributed by atoms with Crippen molar-refractivity contribution in [1.29, 1.82) is 0 Å². The first kappa shape index (κ1) is 11.2. The Bertz CT molecular complexity index is 1030. The van der Waals surface area contributed by atoms with Crippen molar-refractivity contribution in [3.05, 3.63) is 64.3 Å². The van der Waals surface area contributed by atoms with Crippen molar-refractivity contribution in [2.24, 2.45) is 0 Å². The third-order valence-electron chi connectivity index (χ3n) is 3.52. The molecule has 4 rings (SSSR count). The smallest absolute Gasteiger partial charge is 0.231 e. The average molecular weight is 261 g/mol. The molecule has 0 radical (unpaired) electrons. The molecule has 2 aromatic carbocycles. The van der Waals surface area contributed by atoms with Gasteiger partial charge in [0.2, 0.25) is 11.1 Å². The molecule has 2 heterocycles. The van der Waals surface area contributed by atoms with Crippen molar-refractivity contribution >= 4 is 33.0 Å². The SMILES string of the molecule is Cc1ccc2oc3nc4ccccc4cc3c(=O)c2c1. The van der Waals surface area contributed by atoms with Crippen LogP contribution in [0.1, 0.15) is 5.56 Å². The van der Waals surface area contributed by atoms with Crippen LogP contribution in [0.25, 0.3) is 33.0 Å². The monoisotopic (exact) mass is 261 g/mol. The summed E-state index contributed by atoms with van der Waals surface area (Å²) in [6.07, 6.45) is 0. The first-order valence-electron chi connectivity index (χ1n) is 6.45. The van der Waals surface area contributed by atoms with Gasteiger partial charge < -0.3 is 4.42 Å². The summed E-state index contributed by atoms with van der Waals surface area (Å²) in [5.74, 6) is 0. The lowest BCUT2D eigenvalue weighted by atomic mass is 10.1. The van der Waals surface area contributed by atoms with Gasteiger partial charge in [-0.25, -0.2) is 4.98 Å². The summed E-state index contributed by atoms with van der Waals surface area (Å²) < 4.78 is 5.78. The lowest BCUT2D eigenvalue weighted by molar-refractivity contribution is 0.646. The Morgan fingerprint density at radius 1 is 1.00 bits per heavy atom. The Hall–Kier alpha value is -2.68. The summed E-state index contributed by atoms with van der Waals surface area (Å²) >= 11 is 0. The van der Waals surface area contributed by atoms with Gasteiger partial charge in [-0.05, 0) is 31.2 Å². The molecule has 0 saturated carbocycles. The van der Waals surface area contributed by atoms with Crippen LogP contribution in [-0.4, -0.2) is 4.98 Å². The number of rotatable bonds is 0. The molecule has 0 aliphatic carbocycles. The third-order valence-corrected chi connectivity index (χ3v) is 3.52. The van der Waals surface area contributed by atoms with E-state index in [0.29, 0.717) is 22.1 Å². The Balaban J connectivity index is 2.26. The first-order valence-corrected chi connectivity index (χ1v) is 6.45. The normalized spacial score (nSPS) is 11.4. The molecule has 0 unspecified atom stereocenters. The predicted octanol–water partition coefficient (Wildman–Crippen LogP) is 3.80. The topological polar surface area (TPSA) is 43.1 Å². The molecule has 2 aromatic heterocycles. The maximum Gasteiger partial charge on any atom is 0.231 e. The summed E-state index contributed by atoms with van der Waals surface area (Å²) in [4.78, 5) is 17.0. The van der Waals surface area contributed by atoms with Crippen molar-refractivity contribution in [1.82, 2.24) is 4.98 Å². The van der Waals surface area contributed by atoms with Gasteiger partial charge in [-0.2, -0.15) is 0 Å². The van der Waals surface area contributed by atoms with Crippen LogP contribution in [0.3, 0.4) is 0 Å². The summed E-state index contributed by atoms with van der Waals surface area (Å²) in [5, 5.41) is 2.08. The van der Waals surface area contributed by atoms with Gasteiger partial charge in [0.25, 0.3) is 0 Å². The second-order valence-corrected chi connectivity index (χ2v) is 4.96. The summed E-state index contributed by atoms with van der Waals surface area (Å²) in [7, 11) is 0. The van der Waals surface area contributed by atoms with E-state index >= 15 is 0 Å². The third kappa shape index (κ3) is 1.53. The molecule has 0 aliphatic heterocycles. The molecule has 0 aliphatic rings. The fourth-order valence-corrected chi connectivity index (χ4v) is 2.50. The fraction of sp³-hybridized carbons (Fsp3) is 0.0588. The summed E-state index contributed by atoms with van der Waals surface area (Å²) in [6, 6.07) is 15.2. The molecular weight excluding hydrogens is 250 g/mol. The number of nitrogens with zero attached hydrogens (tertiary/aromatic N) is 1. The Kier molecular flexibility index (Phi) is 2.18. The van der Waals surface area contributed by atoms with Gasteiger partial charge in [0.1, 0.15) is 5.58 Å². The van der Waals surface area contributed by atoms with E-state index in [0.717, 1.165) is 16.5 Å². The molecule has 0 N–H and O–H groups in total. The second-order valence-electron chi connectivity index (χ2n) is 4.96. The van der Waals surface area contributed by atoms with Gasteiger partial charge in [0.05, 0.1) is 16.3 Å². The molecule has 0 spiro atoms. The molecule has 3 nitrogen and oxygen atoms in total. The highest BCUT2D eigenvalue weighted by Crippen LogP contribution is 2.21. The maximum atomic E-state index is 12.6. The minimum absolute atomic E-state index is 0.0248. The standard InChI is InChI=1S/C17H11NO2/c1-10-6-7-15-12(8-10)16(19)13-9-11-4-2-3-5-14(11)18-17(13)20-15/h2-9H,1H3. The minimum Gasteiger partial charge on any atom is -0.437 e. The molecule has 96 valence electrons. The van der Waals surface area contributed by atoms with E-state index in [9.17, 15) is 4.79 Å². The zero-order valence-electron chi connectivity index (χ0n) is 10.9. The number of hydrogen-bond acceptors (Lipinski definition) is 3. The van der Waals surface area contributed by atoms with E-state index in [1.165, 1.54) is 0 Å². The average Bonchev–Trinajstić information content (AvgIpc) is 2.47. The minimum atomic E-state index is -0.0248. The highest BCUT2D eigenvalue weighted by atomic mass is 16.3. The van der Waals surface area contributed by atoms with Crippen LogP contribution in [-0.2, 0) is 0 Å². The van der Waals surface area contributed by atoms with Gasteiger partial charge >= 0.3 is 0 Å². The van der Waals surface area contributed by atoms with E-state index < -0.39 is 0 Å². The molecule has 0 amide bonds. The van der Waals surface area contributed by atoms with E-state index in [1.807, 2.05) is 55.5 Å². The Labute approximate surface area is 114 Å². The van der Waals surface area contributed by atoms with Gasteiger partial charge in [0, 0.05) is 5.39 Å². The zero-order chi connectivity index (χ0) is 13.7. The van der Waals surface area contributed by atoms with Crippen LogP contribution < -0.4 is 5.43 Å². The van der Waals surface area contributed by atoms with Crippen molar-refractivity contribution in [3.63, 3.8) is 0 Å². The zero-order valence-corrected chi connectivity index (χ0v) is 10.9. The van der Waals surface area contributed by atoms with E-state index in [4.69, 9.17) is 4.42 Å². The van der Waals surface area contributed by atoms with Gasteiger partial charge in [-0.15, -0.1) is 0 Å². The van der Waals surface area contributed by atoms with E-state index in [1.54, 1.807) is 0 Å². The molecule has 3 heteroatoms. The summed E-state index contributed by atoms with van der Waals surface area (Å²) in [5.41, 5.74) is 2.82. The number of fused-ring (bicyclic) bond motifs is 3. The van der Waals surface area contributed by atoms with Crippen LogP contribution in [0.15, 0.2) is 57.7 Å². The van der Waals surface area contributed by atoms with Crippen molar-refractivity contribution in [3.8, 4) is 0 Å². The number of aryl methyl sites for hydroxylation is 1. The van der Waals surface area contributed by atoms with Crippen LogP contribution in [0.2, 0.25) is 0 Å². The number of benzene rings is 2. The fourth-order valence-electron chi connectivity index (χ4n) is 2.50. The first-order chi connectivity index (χ1) is 9.72. The molecule has 0 atom stereocenters. The highest BCUT2D eigenvalue weighted by molar-refractivity contribution is 5.95.